The van der Waals surface area contributed by atoms with Crippen molar-refractivity contribution in [2.24, 2.45) is 5.73 Å². The predicted molar refractivity (Wildman–Crippen MR) is 38.6 cm³/mol. The molecule has 0 unspecified atom stereocenters. The molecule has 3 nitrogen and oxygen atoms in total. The SMILES string of the molecule is COc1cc(CN)ncc1F. The first-order chi connectivity index (χ1) is 5.27. The lowest BCUT2D eigenvalue weighted by atomic mass is 10.3. The van der Waals surface area contributed by atoms with Gasteiger partial charge in [0.05, 0.1) is 19.0 Å². The van der Waals surface area contributed by atoms with Gasteiger partial charge in [-0.25, -0.2) is 4.39 Å². The van der Waals surface area contributed by atoms with Gasteiger partial charge >= 0.3 is 0 Å². The first-order valence-corrected chi connectivity index (χ1v) is 3.16. The molecule has 1 aromatic rings. The molecule has 0 fully saturated rings. The standard InChI is InChI=1S/C7H9FN2O/c1-11-7-2-5(3-9)10-4-6(7)8/h2,4H,3,9H2,1H3. The van der Waals surface area contributed by atoms with Crippen LogP contribution in [0.3, 0.4) is 0 Å². The Kier molecular flexibility index (Phi) is 2.38. The second-order valence-corrected chi connectivity index (χ2v) is 2.01. The van der Waals surface area contributed by atoms with Crippen LogP contribution < -0.4 is 10.5 Å². The van der Waals surface area contributed by atoms with E-state index in [1.807, 2.05) is 0 Å². The smallest absolute Gasteiger partial charge is 0.183 e. The Labute approximate surface area is 64.0 Å². The van der Waals surface area contributed by atoms with Crippen LogP contribution in [0.4, 0.5) is 4.39 Å². The lowest BCUT2D eigenvalue weighted by Gasteiger charge is -2.01. The molecule has 0 bridgehead atoms. The third kappa shape index (κ3) is 1.65. The maximum Gasteiger partial charge on any atom is 0.183 e. The topological polar surface area (TPSA) is 48.1 Å². The van der Waals surface area contributed by atoms with Crippen LogP contribution in [-0.4, -0.2) is 12.1 Å². The predicted octanol–water partition coefficient (Wildman–Crippen LogP) is 0.688. The number of hydrogen-bond acceptors (Lipinski definition) is 3. The molecule has 0 radical (unpaired) electrons. The van der Waals surface area contributed by atoms with Gasteiger partial charge in [0.25, 0.3) is 0 Å². The van der Waals surface area contributed by atoms with Crippen LogP contribution in [0.15, 0.2) is 12.3 Å². The molecule has 1 rings (SSSR count). The highest BCUT2D eigenvalue weighted by molar-refractivity contribution is 5.24. The van der Waals surface area contributed by atoms with Gasteiger partial charge in [-0.2, -0.15) is 0 Å². The van der Waals surface area contributed by atoms with Crippen LogP contribution in [-0.2, 0) is 6.54 Å². The summed E-state index contributed by atoms with van der Waals surface area (Å²) in [5.74, 6) is -0.287. The molecule has 0 saturated carbocycles. The molecule has 0 aliphatic carbocycles. The van der Waals surface area contributed by atoms with Gasteiger partial charge in [-0.15, -0.1) is 0 Å². The van der Waals surface area contributed by atoms with Crippen molar-refractivity contribution in [2.75, 3.05) is 7.11 Å². The average molecular weight is 156 g/mol. The van der Waals surface area contributed by atoms with Gasteiger partial charge in [-0.1, -0.05) is 0 Å². The van der Waals surface area contributed by atoms with Crippen LogP contribution in [0.2, 0.25) is 0 Å². The van der Waals surface area contributed by atoms with Crippen LogP contribution in [0.5, 0.6) is 5.75 Å². The van der Waals surface area contributed by atoms with Gasteiger partial charge < -0.3 is 10.5 Å². The number of nitrogens with two attached hydrogens (primary N) is 1. The Balaban J connectivity index is 3.02. The highest BCUT2D eigenvalue weighted by atomic mass is 19.1. The second kappa shape index (κ2) is 3.30. The van der Waals surface area contributed by atoms with Crippen molar-refractivity contribution in [1.82, 2.24) is 4.98 Å². The normalized spacial score (nSPS) is 9.73. The molecule has 0 aliphatic heterocycles. The van der Waals surface area contributed by atoms with E-state index in [2.05, 4.69) is 4.98 Å². The number of pyridine rings is 1. The molecule has 1 aromatic heterocycles. The zero-order valence-electron chi connectivity index (χ0n) is 6.17. The number of ether oxygens (including phenoxy) is 1. The minimum Gasteiger partial charge on any atom is -0.494 e. The molecule has 0 saturated heterocycles. The molecule has 11 heavy (non-hydrogen) atoms. The van der Waals surface area contributed by atoms with Crippen molar-refractivity contribution in [1.29, 1.82) is 0 Å². The lowest BCUT2D eigenvalue weighted by Crippen LogP contribution is -2.00. The molecule has 0 aromatic carbocycles. The fourth-order valence-corrected chi connectivity index (χ4v) is 0.729. The van der Waals surface area contributed by atoms with Crippen LogP contribution in [0.1, 0.15) is 5.69 Å². The van der Waals surface area contributed by atoms with E-state index in [0.29, 0.717) is 5.69 Å². The Morgan fingerprint density at radius 3 is 3.00 bits per heavy atom. The summed E-state index contributed by atoms with van der Waals surface area (Å²) >= 11 is 0. The van der Waals surface area contributed by atoms with E-state index in [-0.39, 0.29) is 12.3 Å². The Morgan fingerprint density at radius 1 is 1.73 bits per heavy atom. The Hall–Kier alpha value is -1.16. The molecule has 0 atom stereocenters. The lowest BCUT2D eigenvalue weighted by molar-refractivity contribution is 0.384. The van der Waals surface area contributed by atoms with Gasteiger partial charge in [-0.05, 0) is 0 Å². The van der Waals surface area contributed by atoms with E-state index >= 15 is 0 Å². The van der Waals surface area contributed by atoms with E-state index in [4.69, 9.17) is 10.5 Å². The van der Waals surface area contributed by atoms with E-state index in [1.165, 1.54) is 13.2 Å². The maximum atomic E-state index is 12.7. The van der Waals surface area contributed by atoms with Gasteiger partial charge in [0, 0.05) is 12.6 Å². The fourth-order valence-electron chi connectivity index (χ4n) is 0.729. The van der Waals surface area contributed by atoms with Crippen LogP contribution in [0.25, 0.3) is 0 Å². The van der Waals surface area contributed by atoms with Gasteiger partial charge in [0.2, 0.25) is 0 Å². The van der Waals surface area contributed by atoms with Crippen molar-refractivity contribution in [3.8, 4) is 5.75 Å². The molecule has 4 heteroatoms. The Morgan fingerprint density at radius 2 is 2.45 bits per heavy atom. The highest BCUT2D eigenvalue weighted by Crippen LogP contribution is 2.15. The first kappa shape index (κ1) is 7.94. The van der Waals surface area contributed by atoms with Crippen molar-refractivity contribution in [3.05, 3.63) is 23.8 Å². The number of rotatable bonds is 2. The van der Waals surface area contributed by atoms with Gasteiger partial charge in [0.15, 0.2) is 11.6 Å². The minimum absolute atomic E-state index is 0.181. The van der Waals surface area contributed by atoms with E-state index in [9.17, 15) is 4.39 Å². The summed E-state index contributed by atoms with van der Waals surface area (Å²) in [6, 6.07) is 1.48. The number of aromatic nitrogens is 1. The molecular weight excluding hydrogens is 147 g/mol. The average Bonchev–Trinajstić information content (AvgIpc) is 2.05. The first-order valence-electron chi connectivity index (χ1n) is 3.16. The van der Waals surface area contributed by atoms with Crippen molar-refractivity contribution >= 4 is 0 Å². The second-order valence-electron chi connectivity index (χ2n) is 2.01. The summed E-state index contributed by atoms with van der Waals surface area (Å²) in [5.41, 5.74) is 5.90. The van der Waals surface area contributed by atoms with Crippen molar-refractivity contribution in [2.45, 2.75) is 6.54 Å². The molecule has 0 amide bonds. The number of methoxy groups -OCH3 is 1. The summed E-state index contributed by atoms with van der Waals surface area (Å²) in [6.45, 7) is 0.288. The molecule has 0 spiro atoms. The molecule has 0 aliphatic rings. The quantitative estimate of drug-likeness (QED) is 0.685. The summed E-state index contributed by atoms with van der Waals surface area (Å²) in [6.07, 6.45) is 1.10. The zero-order chi connectivity index (χ0) is 8.27. The van der Waals surface area contributed by atoms with Gasteiger partial charge in [0.1, 0.15) is 0 Å². The van der Waals surface area contributed by atoms with Crippen LogP contribution >= 0.6 is 0 Å². The third-order valence-corrected chi connectivity index (χ3v) is 1.31. The van der Waals surface area contributed by atoms with E-state index in [0.717, 1.165) is 6.20 Å². The molecule has 1 heterocycles. The molecule has 2 N–H and O–H groups in total. The van der Waals surface area contributed by atoms with E-state index < -0.39 is 5.82 Å². The van der Waals surface area contributed by atoms with E-state index in [1.54, 1.807) is 0 Å². The fraction of sp³-hybridized carbons (Fsp3) is 0.286. The highest BCUT2D eigenvalue weighted by Gasteiger charge is 2.02. The Bertz CT molecular complexity index is 252. The number of halogens is 1. The summed E-state index contributed by atoms with van der Waals surface area (Å²) in [5, 5.41) is 0. The zero-order valence-corrected chi connectivity index (χ0v) is 6.17. The summed E-state index contributed by atoms with van der Waals surface area (Å²) in [7, 11) is 1.40. The number of hydrogen-bond donors (Lipinski definition) is 1. The largest absolute Gasteiger partial charge is 0.494 e. The summed E-state index contributed by atoms with van der Waals surface area (Å²) < 4.78 is 17.4. The molecular formula is C7H9FN2O. The third-order valence-electron chi connectivity index (χ3n) is 1.31. The number of nitrogens with zero attached hydrogens (tertiary/aromatic N) is 1. The summed E-state index contributed by atoms with van der Waals surface area (Å²) in [4.78, 5) is 3.73. The molecule has 60 valence electrons. The monoisotopic (exact) mass is 156 g/mol. The minimum atomic E-state index is -0.468. The van der Waals surface area contributed by atoms with Gasteiger partial charge in [-0.3, -0.25) is 4.98 Å². The van der Waals surface area contributed by atoms with Crippen molar-refractivity contribution < 1.29 is 9.13 Å². The maximum absolute atomic E-state index is 12.7. The van der Waals surface area contributed by atoms with Crippen LogP contribution in [0, 0.1) is 5.82 Å². The van der Waals surface area contributed by atoms with Crippen molar-refractivity contribution in [3.63, 3.8) is 0 Å².